The van der Waals surface area contributed by atoms with Gasteiger partial charge in [0.1, 0.15) is 5.75 Å². The SMILES string of the molecule is COc1ccc(NC(CO)CC2CCCCC2)cc1. The van der Waals surface area contributed by atoms with E-state index in [1.165, 1.54) is 32.1 Å². The second-order valence-corrected chi connectivity index (χ2v) is 5.49. The van der Waals surface area contributed by atoms with E-state index in [4.69, 9.17) is 4.74 Å². The van der Waals surface area contributed by atoms with E-state index in [9.17, 15) is 5.11 Å². The van der Waals surface area contributed by atoms with E-state index in [-0.39, 0.29) is 12.6 Å². The van der Waals surface area contributed by atoms with Gasteiger partial charge in [0.2, 0.25) is 0 Å². The number of benzene rings is 1. The Balaban J connectivity index is 1.86. The van der Waals surface area contributed by atoms with E-state index in [2.05, 4.69) is 5.32 Å². The van der Waals surface area contributed by atoms with E-state index in [0.717, 1.165) is 23.8 Å². The Labute approximate surface area is 116 Å². The molecule has 3 nitrogen and oxygen atoms in total. The number of methoxy groups -OCH3 is 1. The van der Waals surface area contributed by atoms with Gasteiger partial charge in [0, 0.05) is 11.7 Å². The molecule has 1 aliphatic carbocycles. The monoisotopic (exact) mass is 263 g/mol. The third kappa shape index (κ3) is 4.43. The summed E-state index contributed by atoms with van der Waals surface area (Å²) in [4.78, 5) is 0. The Hall–Kier alpha value is -1.22. The normalized spacial score (nSPS) is 18.0. The van der Waals surface area contributed by atoms with Crippen LogP contribution in [0.3, 0.4) is 0 Å². The van der Waals surface area contributed by atoms with Crippen molar-refractivity contribution < 1.29 is 9.84 Å². The third-order valence-electron chi connectivity index (χ3n) is 4.02. The first-order chi connectivity index (χ1) is 9.31. The summed E-state index contributed by atoms with van der Waals surface area (Å²) in [6, 6.07) is 8.05. The number of ether oxygens (including phenoxy) is 1. The zero-order chi connectivity index (χ0) is 13.5. The van der Waals surface area contributed by atoms with Gasteiger partial charge in [0.25, 0.3) is 0 Å². The zero-order valence-corrected chi connectivity index (χ0v) is 11.8. The van der Waals surface area contributed by atoms with Crippen molar-refractivity contribution in [2.24, 2.45) is 5.92 Å². The summed E-state index contributed by atoms with van der Waals surface area (Å²) >= 11 is 0. The molecule has 1 saturated carbocycles. The molecule has 19 heavy (non-hydrogen) atoms. The van der Waals surface area contributed by atoms with Crippen LogP contribution in [0.15, 0.2) is 24.3 Å². The van der Waals surface area contributed by atoms with Crippen molar-refractivity contribution in [2.75, 3.05) is 19.0 Å². The predicted molar refractivity (Wildman–Crippen MR) is 78.7 cm³/mol. The summed E-state index contributed by atoms with van der Waals surface area (Å²) in [7, 11) is 1.67. The van der Waals surface area contributed by atoms with E-state index in [0.29, 0.717) is 0 Å². The molecular formula is C16H25NO2. The fourth-order valence-corrected chi connectivity index (χ4v) is 2.93. The summed E-state index contributed by atoms with van der Waals surface area (Å²) < 4.78 is 5.14. The third-order valence-corrected chi connectivity index (χ3v) is 4.02. The number of anilines is 1. The second kappa shape index (κ2) is 7.39. The van der Waals surface area contributed by atoms with Crippen LogP contribution in [0.5, 0.6) is 5.75 Å². The molecule has 1 unspecified atom stereocenters. The van der Waals surface area contributed by atoms with Crippen LogP contribution in [0.4, 0.5) is 5.69 Å². The van der Waals surface area contributed by atoms with Crippen LogP contribution in [-0.2, 0) is 0 Å². The maximum absolute atomic E-state index is 9.53. The lowest BCUT2D eigenvalue weighted by Gasteiger charge is -2.26. The van der Waals surface area contributed by atoms with Gasteiger partial charge in [0.05, 0.1) is 13.7 Å². The topological polar surface area (TPSA) is 41.5 Å². The summed E-state index contributed by atoms with van der Waals surface area (Å²) in [6.45, 7) is 0.197. The first kappa shape index (κ1) is 14.2. The van der Waals surface area contributed by atoms with Gasteiger partial charge in [-0.2, -0.15) is 0 Å². The van der Waals surface area contributed by atoms with Crippen molar-refractivity contribution in [1.29, 1.82) is 0 Å². The quantitative estimate of drug-likeness (QED) is 0.826. The van der Waals surface area contributed by atoms with Gasteiger partial charge in [-0.1, -0.05) is 32.1 Å². The maximum atomic E-state index is 9.53. The Morgan fingerprint density at radius 3 is 2.47 bits per heavy atom. The number of hydrogen-bond donors (Lipinski definition) is 2. The van der Waals surface area contributed by atoms with Crippen LogP contribution in [0.1, 0.15) is 38.5 Å². The predicted octanol–water partition coefficient (Wildman–Crippen LogP) is 3.44. The van der Waals surface area contributed by atoms with Crippen molar-refractivity contribution in [3.8, 4) is 5.75 Å². The van der Waals surface area contributed by atoms with E-state index in [1.807, 2.05) is 24.3 Å². The van der Waals surface area contributed by atoms with Crippen LogP contribution in [0, 0.1) is 5.92 Å². The van der Waals surface area contributed by atoms with E-state index in [1.54, 1.807) is 7.11 Å². The molecule has 0 amide bonds. The number of aliphatic hydroxyl groups is 1. The van der Waals surface area contributed by atoms with Crippen molar-refractivity contribution in [2.45, 2.75) is 44.6 Å². The number of rotatable bonds is 6. The van der Waals surface area contributed by atoms with Gasteiger partial charge in [-0.15, -0.1) is 0 Å². The molecule has 0 saturated heterocycles. The molecule has 0 bridgehead atoms. The standard InChI is InChI=1S/C16H25NO2/c1-19-16-9-7-14(8-10-16)17-15(12-18)11-13-5-3-2-4-6-13/h7-10,13,15,17-18H,2-6,11-12H2,1H3. The van der Waals surface area contributed by atoms with Crippen LogP contribution in [0.25, 0.3) is 0 Å². The molecule has 0 aromatic heterocycles. The van der Waals surface area contributed by atoms with Gasteiger partial charge in [-0.05, 0) is 36.6 Å². The fraction of sp³-hybridized carbons (Fsp3) is 0.625. The van der Waals surface area contributed by atoms with Gasteiger partial charge in [-0.3, -0.25) is 0 Å². The highest BCUT2D eigenvalue weighted by atomic mass is 16.5. The van der Waals surface area contributed by atoms with Gasteiger partial charge in [0.15, 0.2) is 0 Å². The fourth-order valence-electron chi connectivity index (χ4n) is 2.93. The van der Waals surface area contributed by atoms with Crippen LogP contribution < -0.4 is 10.1 Å². The maximum Gasteiger partial charge on any atom is 0.119 e. The molecule has 1 aliphatic rings. The first-order valence-electron chi connectivity index (χ1n) is 7.33. The number of aliphatic hydroxyl groups excluding tert-OH is 1. The number of nitrogens with one attached hydrogen (secondary N) is 1. The van der Waals surface area contributed by atoms with Crippen molar-refractivity contribution in [3.63, 3.8) is 0 Å². The molecule has 0 heterocycles. The summed E-state index contributed by atoms with van der Waals surface area (Å²) in [5, 5.41) is 13.0. The minimum atomic E-state index is 0.163. The molecule has 2 N–H and O–H groups in total. The average Bonchev–Trinajstić information content (AvgIpc) is 2.48. The molecule has 0 aliphatic heterocycles. The molecule has 1 aromatic rings. The van der Waals surface area contributed by atoms with Crippen molar-refractivity contribution >= 4 is 5.69 Å². The smallest absolute Gasteiger partial charge is 0.119 e. The van der Waals surface area contributed by atoms with Crippen LogP contribution >= 0.6 is 0 Å². The first-order valence-corrected chi connectivity index (χ1v) is 7.33. The summed E-state index contributed by atoms with van der Waals surface area (Å²) in [5.74, 6) is 1.63. The van der Waals surface area contributed by atoms with Gasteiger partial charge in [-0.25, -0.2) is 0 Å². The lowest BCUT2D eigenvalue weighted by atomic mass is 9.85. The lowest BCUT2D eigenvalue weighted by molar-refractivity contribution is 0.237. The molecule has 3 heteroatoms. The molecule has 0 spiro atoms. The summed E-state index contributed by atoms with van der Waals surface area (Å²) in [6.07, 6.45) is 7.80. The molecule has 2 rings (SSSR count). The van der Waals surface area contributed by atoms with Crippen molar-refractivity contribution in [3.05, 3.63) is 24.3 Å². The van der Waals surface area contributed by atoms with Crippen LogP contribution in [0.2, 0.25) is 0 Å². The van der Waals surface area contributed by atoms with E-state index < -0.39 is 0 Å². The Kier molecular flexibility index (Phi) is 5.52. The van der Waals surface area contributed by atoms with E-state index >= 15 is 0 Å². The molecule has 1 atom stereocenters. The zero-order valence-electron chi connectivity index (χ0n) is 11.8. The number of hydrogen-bond acceptors (Lipinski definition) is 3. The van der Waals surface area contributed by atoms with Gasteiger partial charge >= 0.3 is 0 Å². The summed E-state index contributed by atoms with van der Waals surface area (Å²) in [5.41, 5.74) is 1.05. The minimum absolute atomic E-state index is 0.163. The molecular weight excluding hydrogens is 238 g/mol. The average molecular weight is 263 g/mol. The minimum Gasteiger partial charge on any atom is -0.497 e. The molecule has 1 aromatic carbocycles. The van der Waals surface area contributed by atoms with Crippen molar-refractivity contribution in [1.82, 2.24) is 0 Å². The largest absolute Gasteiger partial charge is 0.497 e. The van der Waals surface area contributed by atoms with Crippen LogP contribution in [-0.4, -0.2) is 24.9 Å². The Morgan fingerprint density at radius 2 is 1.89 bits per heavy atom. The highest BCUT2D eigenvalue weighted by Gasteiger charge is 2.18. The molecule has 1 fully saturated rings. The lowest BCUT2D eigenvalue weighted by Crippen LogP contribution is -2.27. The Morgan fingerprint density at radius 1 is 1.21 bits per heavy atom. The Bertz CT molecular complexity index is 358. The second-order valence-electron chi connectivity index (χ2n) is 5.49. The molecule has 106 valence electrons. The van der Waals surface area contributed by atoms with Gasteiger partial charge < -0.3 is 15.2 Å². The highest BCUT2D eigenvalue weighted by Crippen LogP contribution is 2.28. The highest BCUT2D eigenvalue weighted by molar-refractivity contribution is 5.47. The molecule has 0 radical (unpaired) electrons.